The minimum atomic E-state index is 0.0846. The fourth-order valence-electron chi connectivity index (χ4n) is 2.02. The van der Waals surface area contributed by atoms with Crippen LogP contribution in [0.25, 0.3) is 0 Å². The van der Waals surface area contributed by atoms with Gasteiger partial charge in [0, 0.05) is 19.3 Å². The van der Waals surface area contributed by atoms with Crippen molar-refractivity contribution in [1.29, 1.82) is 0 Å². The number of rotatable bonds is 5. The molecule has 0 spiro atoms. The highest BCUT2D eigenvalue weighted by atomic mass is 32.2. The third-order valence-electron chi connectivity index (χ3n) is 3.16. The van der Waals surface area contributed by atoms with Gasteiger partial charge in [-0.25, -0.2) is 0 Å². The second-order valence-corrected chi connectivity index (χ2v) is 5.60. The lowest BCUT2D eigenvalue weighted by Gasteiger charge is -2.05. The van der Waals surface area contributed by atoms with Crippen LogP contribution in [0.3, 0.4) is 0 Å². The highest BCUT2D eigenvalue weighted by Crippen LogP contribution is 2.39. The lowest BCUT2D eigenvalue weighted by atomic mass is 10.3. The fourth-order valence-corrected chi connectivity index (χ4v) is 2.91. The molecule has 7 heteroatoms. The summed E-state index contributed by atoms with van der Waals surface area (Å²) < 4.78 is 3.76. The summed E-state index contributed by atoms with van der Waals surface area (Å²) in [6.07, 6.45) is 4.09. The Bertz CT molecular complexity index is 613. The Morgan fingerprint density at radius 3 is 2.95 bits per heavy atom. The maximum absolute atomic E-state index is 12.1. The molecule has 1 aliphatic carbocycles. The van der Waals surface area contributed by atoms with Crippen molar-refractivity contribution < 1.29 is 4.79 Å². The van der Waals surface area contributed by atoms with E-state index >= 15 is 0 Å². The monoisotopic (exact) mass is 277 g/mol. The summed E-state index contributed by atoms with van der Waals surface area (Å²) >= 11 is 1.40. The Morgan fingerprint density at radius 1 is 1.53 bits per heavy atom. The molecule has 0 unspecified atom stereocenters. The number of nitrogen functional groups attached to an aromatic ring is 1. The molecule has 2 N–H and O–H groups in total. The van der Waals surface area contributed by atoms with E-state index in [1.807, 2.05) is 34.5 Å². The molecule has 2 aromatic heterocycles. The van der Waals surface area contributed by atoms with E-state index in [1.54, 1.807) is 0 Å². The zero-order valence-electron chi connectivity index (χ0n) is 10.6. The van der Waals surface area contributed by atoms with Crippen molar-refractivity contribution in [3.05, 3.63) is 24.0 Å². The smallest absolute Gasteiger partial charge is 0.222 e. The van der Waals surface area contributed by atoms with Crippen LogP contribution in [0.1, 0.15) is 29.4 Å². The van der Waals surface area contributed by atoms with Crippen LogP contribution in [0.5, 0.6) is 0 Å². The molecule has 2 heterocycles. The number of aryl methyl sites for hydroxylation is 1. The minimum absolute atomic E-state index is 0.0846. The number of Topliss-reactive ketones (excluding diaryl/α,β-unsaturated/α-hetero) is 1. The van der Waals surface area contributed by atoms with Crippen LogP contribution in [0.4, 0.5) is 5.95 Å². The highest BCUT2D eigenvalue weighted by molar-refractivity contribution is 7.99. The molecule has 0 saturated heterocycles. The summed E-state index contributed by atoms with van der Waals surface area (Å²) in [5, 5.41) is 8.67. The largest absolute Gasteiger partial charge is 0.368 e. The van der Waals surface area contributed by atoms with Crippen molar-refractivity contribution in [2.24, 2.45) is 7.05 Å². The number of nitrogens with two attached hydrogens (primary N) is 1. The second-order valence-electron chi connectivity index (χ2n) is 4.66. The molecule has 100 valence electrons. The average molecular weight is 277 g/mol. The van der Waals surface area contributed by atoms with Gasteiger partial charge in [-0.1, -0.05) is 11.8 Å². The topological polar surface area (TPSA) is 78.7 Å². The number of hydrogen-bond acceptors (Lipinski definition) is 5. The van der Waals surface area contributed by atoms with Gasteiger partial charge in [0.25, 0.3) is 0 Å². The van der Waals surface area contributed by atoms with Gasteiger partial charge in [0.05, 0.1) is 11.4 Å². The first kappa shape index (κ1) is 12.3. The maximum Gasteiger partial charge on any atom is 0.222 e. The van der Waals surface area contributed by atoms with Crippen molar-refractivity contribution in [2.45, 2.75) is 24.0 Å². The van der Waals surface area contributed by atoms with Gasteiger partial charge in [0.15, 0.2) is 10.9 Å². The molecule has 1 aliphatic rings. The van der Waals surface area contributed by atoms with E-state index in [0.717, 1.165) is 18.0 Å². The predicted molar refractivity (Wildman–Crippen MR) is 73.2 cm³/mol. The summed E-state index contributed by atoms with van der Waals surface area (Å²) in [7, 11) is 1.86. The molecule has 2 aromatic rings. The molecule has 6 nitrogen and oxygen atoms in total. The van der Waals surface area contributed by atoms with E-state index < -0.39 is 0 Å². The van der Waals surface area contributed by atoms with Crippen molar-refractivity contribution in [2.75, 3.05) is 11.5 Å². The first-order valence-electron chi connectivity index (χ1n) is 6.14. The summed E-state index contributed by atoms with van der Waals surface area (Å²) in [4.78, 5) is 12.1. The average Bonchev–Trinajstić information content (AvgIpc) is 3.02. The number of ketones is 1. The molecule has 0 bridgehead atoms. The van der Waals surface area contributed by atoms with Crippen molar-refractivity contribution >= 4 is 23.5 Å². The number of hydrogen-bond donors (Lipinski definition) is 1. The third kappa shape index (κ3) is 2.37. The van der Waals surface area contributed by atoms with Crippen LogP contribution in [0, 0.1) is 0 Å². The maximum atomic E-state index is 12.1. The Hall–Kier alpha value is -1.76. The molecule has 0 aromatic carbocycles. The first-order valence-corrected chi connectivity index (χ1v) is 7.13. The zero-order valence-corrected chi connectivity index (χ0v) is 11.4. The first-order chi connectivity index (χ1) is 9.16. The molecular formula is C12H15N5OS. The van der Waals surface area contributed by atoms with Gasteiger partial charge in [-0.15, -0.1) is 10.2 Å². The standard InChI is InChI=1S/C12H15N5OS/c1-16-6-2-3-9(16)10(18)7-19-12-15-14-11(13)17(12)8-4-5-8/h2-3,6,8H,4-5,7H2,1H3,(H2,13,14). The Labute approximate surface area is 115 Å². The van der Waals surface area contributed by atoms with Gasteiger partial charge in [-0.3, -0.25) is 9.36 Å². The fraction of sp³-hybridized carbons (Fsp3) is 0.417. The molecule has 0 atom stereocenters. The van der Waals surface area contributed by atoms with E-state index in [4.69, 9.17) is 5.73 Å². The molecular weight excluding hydrogens is 262 g/mol. The number of nitrogens with zero attached hydrogens (tertiary/aromatic N) is 4. The van der Waals surface area contributed by atoms with Gasteiger partial charge in [-0.2, -0.15) is 0 Å². The summed E-state index contributed by atoms with van der Waals surface area (Å²) in [6.45, 7) is 0. The second kappa shape index (κ2) is 4.73. The summed E-state index contributed by atoms with van der Waals surface area (Å²) in [6, 6.07) is 4.11. The predicted octanol–water partition coefficient (Wildman–Crippen LogP) is 1.51. The van der Waals surface area contributed by atoms with Gasteiger partial charge in [0.1, 0.15) is 0 Å². The Morgan fingerprint density at radius 2 is 2.32 bits per heavy atom. The van der Waals surface area contributed by atoms with Crippen molar-refractivity contribution in [3.63, 3.8) is 0 Å². The van der Waals surface area contributed by atoms with Gasteiger partial charge in [-0.05, 0) is 25.0 Å². The van der Waals surface area contributed by atoms with Gasteiger partial charge < -0.3 is 10.3 Å². The molecule has 0 radical (unpaired) electrons. The Balaban J connectivity index is 1.70. The van der Waals surface area contributed by atoms with E-state index in [1.165, 1.54) is 11.8 Å². The van der Waals surface area contributed by atoms with E-state index in [-0.39, 0.29) is 5.78 Å². The van der Waals surface area contributed by atoms with Crippen LogP contribution in [0.2, 0.25) is 0 Å². The van der Waals surface area contributed by atoms with Crippen LogP contribution in [-0.4, -0.2) is 30.9 Å². The Kier molecular flexibility index (Phi) is 3.06. The SMILES string of the molecule is Cn1cccc1C(=O)CSc1nnc(N)n1C1CC1. The number of thioether (sulfide) groups is 1. The summed E-state index contributed by atoms with van der Waals surface area (Å²) in [5.41, 5.74) is 6.50. The number of aromatic nitrogens is 4. The van der Waals surface area contributed by atoms with E-state index in [9.17, 15) is 4.79 Å². The van der Waals surface area contributed by atoms with Crippen molar-refractivity contribution in [3.8, 4) is 0 Å². The van der Waals surface area contributed by atoms with Crippen LogP contribution in [0.15, 0.2) is 23.5 Å². The quantitative estimate of drug-likeness (QED) is 0.662. The molecule has 0 aliphatic heterocycles. The molecule has 1 fully saturated rings. The number of anilines is 1. The van der Waals surface area contributed by atoms with Gasteiger partial charge in [0.2, 0.25) is 5.95 Å². The lowest BCUT2D eigenvalue weighted by Crippen LogP contribution is -2.09. The van der Waals surface area contributed by atoms with Crippen LogP contribution >= 0.6 is 11.8 Å². The van der Waals surface area contributed by atoms with E-state index in [2.05, 4.69) is 10.2 Å². The third-order valence-corrected chi connectivity index (χ3v) is 4.11. The number of carbonyl (C=O) groups is 1. The normalized spacial score (nSPS) is 14.8. The molecule has 3 rings (SSSR count). The summed E-state index contributed by atoms with van der Waals surface area (Å²) in [5.74, 6) is 0.876. The zero-order chi connectivity index (χ0) is 13.4. The molecule has 1 saturated carbocycles. The minimum Gasteiger partial charge on any atom is -0.368 e. The highest BCUT2D eigenvalue weighted by Gasteiger charge is 2.29. The number of carbonyl (C=O) groups excluding carboxylic acids is 1. The van der Waals surface area contributed by atoms with Gasteiger partial charge >= 0.3 is 0 Å². The van der Waals surface area contributed by atoms with E-state index in [0.29, 0.717) is 23.4 Å². The molecule has 0 amide bonds. The lowest BCUT2D eigenvalue weighted by molar-refractivity contribution is 0.101. The van der Waals surface area contributed by atoms with Crippen LogP contribution < -0.4 is 5.73 Å². The molecule has 19 heavy (non-hydrogen) atoms. The van der Waals surface area contributed by atoms with Crippen LogP contribution in [-0.2, 0) is 7.05 Å². The van der Waals surface area contributed by atoms with Crippen molar-refractivity contribution in [1.82, 2.24) is 19.3 Å².